The van der Waals surface area contributed by atoms with Crippen LogP contribution < -0.4 is 10.1 Å². The van der Waals surface area contributed by atoms with Gasteiger partial charge in [-0.2, -0.15) is 5.10 Å². The number of carbonyl (C=O) groups is 1. The quantitative estimate of drug-likeness (QED) is 0.878. The smallest absolute Gasteiger partial charge is 0.251 e. The van der Waals surface area contributed by atoms with E-state index in [0.29, 0.717) is 18.7 Å². The summed E-state index contributed by atoms with van der Waals surface area (Å²) in [5.74, 6) is 0.657. The van der Waals surface area contributed by atoms with Crippen LogP contribution in [0.2, 0.25) is 0 Å². The molecular formula is C15H19N3O2. The summed E-state index contributed by atoms with van der Waals surface area (Å²) < 4.78 is 7.17. The SMILES string of the molecule is CCOc1ccc(C(=O)NCc2ccn(CC)n2)cc1. The Balaban J connectivity index is 1.90. The number of rotatable bonds is 6. The molecule has 0 aliphatic heterocycles. The highest BCUT2D eigenvalue weighted by Crippen LogP contribution is 2.12. The Labute approximate surface area is 118 Å². The first-order valence-electron chi connectivity index (χ1n) is 6.76. The highest BCUT2D eigenvalue weighted by atomic mass is 16.5. The van der Waals surface area contributed by atoms with E-state index >= 15 is 0 Å². The lowest BCUT2D eigenvalue weighted by molar-refractivity contribution is 0.0950. The molecule has 0 saturated heterocycles. The van der Waals surface area contributed by atoms with Gasteiger partial charge in [0.15, 0.2) is 0 Å². The Bertz CT molecular complexity index is 561. The van der Waals surface area contributed by atoms with Crippen molar-refractivity contribution < 1.29 is 9.53 Å². The van der Waals surface area contributed by atoms with E-state index in [1.807, 2.05) is 30.8 Å². The van der Waals surface area contributed by atoms with Gasteiger partial charge in [0.25, 0.3) is 5.91 Å². The fourth-order valence-electron chi connectivity index (χ4n) is 1.82. The van der Waals surface area contributed by atoms with Crippen LogP contribution >= 0.6 is 0 Å². The average molecular weight is 273 g/mol. The van der Waals surface area contributed by atoms with Crippen molar-refractivity contribution in [3.05, 3.63) is 47.8 Å². The number of benzene rings is 1. The average Bonchev–Trinajstić information content (AvgIpc) is 2.94. The molecule has 0 aliphatic carbocycles. The highest BCUT2D eigenvalue weighted by molar-refractivity contribution is 5.94. The van der Waals surface area contributed by atoms with Gasteiger partial charge < -0.3 is 10.1 Å². The summed E-state index contributed by atoms with van der Waals surface area (Å²) in [7, 11) is 0. The molecule has 20 heavy (non-hydrogen) atoms. The molecule has 0 fully saturated rings. The zero-order valence-corrected chi connectivity index (χ0v) is 11.8. The summed E-state index contributed by atoms with van der Waals surface area (Å²) >= 11 is 0. The van der Waals surface area contributed by atoms with Gasteiger partial charge in [0.1, 0.15) is 5.75 Å². The molecule has 0 unspecified atom stereocenters. The van der Waals surface area contributed by atoms with Crippen molar-refractivity contribution in [2.75, 3.05) is 6.61 Å². The van der Waals surface area contributed by atoms with Crippen molar-refractivity contribution in [2.24, 2.45) is 0 Å². The summed E-state index contributed by atoms with van der Waals surface area (Å²) in [6, 6.07) is 9.01. The summed E-state index contributed by atoms with van der Waals surface area (Å²) in [4.78, 5) is 12.0. The van der Waals surface area contributed by atoms with Gasteiger partial charge in [-0.15, -0.1) is 0 Å². The lowest BCUT2D eigenvalue weighted by Gasteiger charge is -2.05. The first-order chi connectivity index (χ1) is 9.72. The lowest BCUT2D eigenvalue weighted by Crippen LogP contribution is -2.23. The van der Waals surface area contributed by atoms with Gasteiger partial charge in [0.05, 0.1) is 18.8 Å². The van der Waals surface area contributed by atoms with E-state index in [-0.39, 0.29) is 5.91 Å². The first-order valence-corrected chi connectivity index (χ1v) is 6.76. The minimum atomic E-state index is -0.112. The van der Waals surface area contributed by atoms with Crippen molar-refractivity contribution in [2.45, 2.75) is 26.9 Å². The van der Waals surface area contributed by atoms with Crippen molar-refractivity contribution in [1.29, 1.82) is 0 Å². The normalized spacial score (nSPS) is 10.3. The van der Waals surface area contributed by atoms with E-state index in [1.54, 1.807) is 24.3 Å². The molecule has 5 heteroatoms. The number of aryl methyl sites for hydroxylation is 1. The molecule has 0 saturated carbocycles. The second-order valence-electron chi connectivity index (χ2n) is 4.30. The van der Waals surface area contributed by atoms with Crippen LogP contribution in [0.3, 0.4) is 0 Å². The van der Waals surface area contributed by atoms with Crippen LogP contribution in [0, 0.1) is 0 Å². The van der Waals surface area contributed by atoms with Crippen molar-refractivity contribution in [3.63, 3.8) is 0 Å². The molecule has 1 N–H and O–H groups in total. The standard InChI is InChI=1S/C15H19N3O2/c1-3-18-10-9-13(17-18)11-16-15(19)12-5-7-14(8-6-12)20-4-2/h5-10H,3-4,11H2,1-2H3,(H,16,19). The van der Waals surface area contributed by atoms with E-state index in [4.69, 9.17) is 4.74 Å². The number of ether oxygens (including phenoxy) is 1. The Morgan fingerprint density at radius 3 is 2.60 bits per heavy atom. The first kappa shape index (κ1) is 14.1. The van der Waals surface area contributed by atoms with Crippen molar-refractivity contribution in [3.8, 4) is 5.75 Å². The van der Waals surface area contributed by atoms with Crippen molar-refractivity contribution in [1.82, 2.24) is 15.1 Å². The lowest BCUT2D eigenvalue weighted by atomic mass is 10.2. The van der Waals surface area contributed by atoms with Crippen LogP contribution in [0.5, 0.6) is 5.75 Å². The Morgan fingerprint density at radius 2 is 2.00 bits per heavy atom. The van der Waals surface area contributed by atoms with Crippen LogP contribution in [0.25, 0.3) is 0 Å². The molecule has 5 nitrogen and oxygen atoms in total. The van der Waals surface area contributed by atoms with E-state index < -0.39 is 0 Å². The fourth-order valence-corrected chi connectivity index (χ4v) is 1.82. The van der Waals surface area contributed by atoms with Crippen LogP contribution in [0.1, 0.15) is 29.9 Å². The van der Waals surface area contributed by atoms with Gasteiger partial charge in [-0.25, -0.2) is 0 Å². The van der Waals surface area contributed by atoms with Gasteiger partial charge in [-0.3, -0.25) is 9.48 Å². The number of nitrogens with zero attached hydrogens (tertiary/aromatic N) is 2. The van der Waals surface area contributed by atoms with Crippen molar-refractivity contribution >= 4 is 5.91 Å². The Kier molecular flexibility index (Phi) is 4.76. The largest absolute Gasteiger partial charge is 0.494 e. The van der Waals surface area contributed by atoms with Crippen LogP contribution in [-0.2, 0) is 13.1 Å². The predicted molar refractivity (Wildman–Crippen MR) is 76.7 cm³/mol. The molecule has 106 valence electrons. The second kappa shape index (κ2) is 6.75. The summed E-state index contributed by atoms with van der Waals surface area (Å²) in [6.07, 6.45) is 1.90. The van der Waals surface area contributed by atoms with Gasteiger partial charge in [-0.05, 0) is 44.2 Å². The molecule has 0 atom stereocenters. The summed E-state index contributed by atoms with van der Waals surface area (Å²) in [6.45, 7) is 5.82. The number of aromatic nitrogens is 2. The Hall–Kier alpha value is -2.30. The molecule has 1 aromatic carbocycles. The van der Waals surface area contributed by atoms with Gasteiger partial charge in [0.2, 0.25) is 0 Å². The minimum absolute atomic E-state index is 0.112. The molecule has 0 spiro atoms. The maximum Gasteiger partial charge on any atom is 0.251 e. The number of hydrogen-bond donors (Lipinski definition) is 1. The van der Waals surface area contributed by atoms with Crippen LogP contribution in [-0.4, -0.2) is 22.3 Å². The van der Waals surface area contributed by atoms with E-state index in [2.05, 4.69) is 10.4 Å². The number of amides is 1. The molecule has 2 aromatic rings. The maximum atomic E-state index is 12.0. The van der Waals surface area contributed by atoms with Gasteiger partial charge in [0, 0.05) is 18.3 Å². The maximum absolute atomic E-state index is 12.0. The molecule has 1 amide bonds. The molecule has 1 aromatic heterocycles. The Morgan fingerprint density at radius 1 is 1.25 bits per heavy atom. The number of nitrogens with one attached hydrogen (secondary N) is 1. The predicted octanol–water partition coefficient (Wildman–Crippen LogP) is 2.23. The van der Waals surface area contributed by atoms with E-state index in [0.717, 1.165) is 18.0 Å². The van der Waals surface area contributed by atoms with Gasteiger partial charge >= 0.3 is 0 Å². The molecule has 2 rings (SSSR count). The number of carbonyl (C=O) groups excluding carboxylic acids is 1. The van der Waals surface area contributed by atoms with E-state index in [1.165, 1.54) is 0 Å². The molecular weight excluding hydrogens is 254 g/mol. The molecule has 0 radical (unpaired) electrons. The number of hydrogen-bond acceptors (Lipinski definition) is 3. The molecule has 0 aliphatic rings. The van der Waals surface area contributed by atoms with Gasteiger partial charge in [-0.1, -0.05) is 0 Å². The monoisotopic (exact) mass is 273 g/mol. The third kappa shape index (κ3) is 3.60. The van der Waals surface area contributed by atoms with Crippen LogP contribution in [0.15, 0.2) is 36.5 Å². The highest BCUT2D eigenvalue weighted by Gasteiger charge is 2.06. The van der Waals surface area contributed by atoms with E-state index in [9.17, 15) is 4.79 Å². The minimum Gasteiger partial charge on any atom is -0.494 e. The molecule has 1 heterocycles. The third-order valence-corrected chi connectivity index (χ3v) is 2.88. The third-order valence-electron chi connectivity index (χ3n) is 2.88. The zero-order valence-electron chi connectivity index (χ0n) is 11.8. The summed E-state index contributed by atoms with van der Waals surface area (Å²) in [5.41, 5.74) is 1.47. The topological polar surface area (TPSA) is 56.1 Å². The van der Waals surface area contributed by atoms with Crippen LogP contribution in [0.4, 0.5) is 0 Å². The second-order valence-corrected chi connectivity index (χ2v) is 4.30. The fraction of sp³-hybridized carbons (Fsp3) is 0.333. The summed E-state index contributed by atoms with van der Waals surface area (Å²) in [5, 5.41) is 7.16. The molecule has 0 bridgehead atoms. The zero-order chi connectivity index (χ0) is 14.4.